The van der Waals surface area contributed by atoms with Crippen LogP contribution in [0.3, 0.4) is 0 Å². The molecule has 1 aromatic rings. The number of rotatable bonds is 3. The standard InChI is InChI=1S/C8H8BrClO3S/c1-13-8-4-7(9)3-2-6(8)5-14(10,11)12/h2-4H,5H2,1H3. The van der Waals surface area contributed by atoms with Gasteiger partial charge in [0, 0.05) is 20.7 Å². The molecule has 0 aliphatic rings. The van der Waals surface area contributed by atoms with E-state index in [1.807, 2.05) is 0 Å². The minimum atomic E-state index is -3.55. The summed E-state index contributed by atoms with van der Waals surface area (Å²) in [6, 6.07) is 5.08. The van der Waals surface area contributed by atoms with Crippen LogP contribution in [0.15, 0.2) is 22.7 Å². The highest BCUT2D eigenvalue weighted by Crippen LogP contribution is 2.25. The molecule has 0 atom stereocenters. The minimum Gasteiger partial charge on any atom is -0.496 e. The fourth-order valence-corrected chi connectivity index (χ4v) is 2.33. The lowest BCUT2D eigenvalue weighted by atomic mass is 10.2. The second kappa shape index (κ2) is 4.51. The average molecular weight is 300 g/mol. The van der Waals surface area contributed by atoms with E-state index < -0.39 is 9.05 Å². The first kappa shape index (κ1) is 11.8. The first-order valence-electron chi connectivity index (χ1n) is 3.67. The zero-order valence-corrected chi connectivity index (χ0v) is 10.5. The van der Waals surface area contributed by atoms with Crippen molar-refractivity contribution in [3.8, 4) is 5.75 Å². The molecule has 0 aromatic heterocycles. The lowest BCUT2D eigenvalue weighted by molar-refractivity contribution is 0.410. The number of benzene rings is 1. The molecule has 0 fully saturated rings. The quantitative estimate of drug-likeness (QED) is 0.806. The van der Waals surface area contributed by atoms with Crippen LogP contribution >= 0.6 is 26.6 Å². The van der Waals surface area contributed by atoms with Crippen molar-refractivity contribution in [1.29, 1.82) is 0 Å². The van der Waals surface area contributed by atoms with Gasteiger partial charge in [-0.05, 0) is 12.1 Å². The fourth-order valence-electron chi connectivity index (χ4n) is 1.02. The van der Waals surface area contributed by atoms with E-state index >= 15 is 0 Å². The van der Waals surface area contributed by atoms with Crippen molar-refractivity contribution in [1.82, 2.24) is 0 Å². The van der Waals surface area contributed by atoms with Gasteiger partial charge in [0.1, 0.15) is 5.75 Å². The predicted octanol–water partition coefficient (Wildman–Crippen LogP) is 2.53. The molecule has 78 valence electrons. The normalized spacial score (nSPS) is 11.4. The minimum absolute atomic E-state index is 0.231. The predicted molar refractivity (Wildman–Crippen MR) is 59.2 cm³/mol. The van der Waals surface area contributed by atoms with Crippen molar-refractivity contribution in [2.24, 2.45) is 0 Å². The second-order valence-electron chi connectivity index (χ2n) is 2.64. The number of halogens is 2. The SMILES string of the molecule is COc1cc(Br)ccc1CS(=O)(=O)Cl. The third-order valence-corrected chi connectivity index (χ3v) is 3.05. The number of hydrogen-bond donors (Lipinski definition) is 0. The van der Waals surface area contributed by atoms with Gasteiger partial charge in [0.25, 0.3) is 0 Å². The van der Waals surface area contributed by atoms with Gasteiger partial charge < -0.3 is 4.74 Å². The molecule has 1 aromatic carbocycles. The Labute approximate surface area is 95.6 Å². The van der Waals surface area contributed by atoms with Gasteiger partial charge in [0.15, 0.2) is 0 Å². The lowest BCUT2D eigenvalue weighted by Gasteiger charge is -2.06. The van der Waals surface area contributed by atoms with Crippen LogP contribution in [0.1, 0.15) is 5.56 Å². The Morgan fingerprint density at radius 2 is 2.14 bits per heavy atom. The van der Waals surface area contributed by atoms with Crippen molar-refractivity contribution in [2.75, 3.05) is 7.11 Å². The van der Waals surface area contributed by atoms with E-state index in [-0.39, 0.29) is 5.75 Å². The molecular formula is C8H8BrClO3S. The maximum atomic E-state index is 10.9. The smallest absolute Gasteiger partial charge is 0.236 e. The fraction of sp³-hybridized carbons (Fsp3) is 0.250. The van der Waals surface area contributed by atoms with E-state index in [0.29, 0.717) is 11.3 Å². The molecule has 1 rings (SSSR count). The average Bonchev–Trinajstić information content (AvgIpc) is 2.06. The highest BCUT2D eigenvalue weighted by molar-refractivity contribution is 9.10. The monoisotopic (exact) mass is 298 g/mol. The summed E-state index contributed by atoms with van der Waals surface area (Å²) < 4.78 is 27.5. The Kier molecular flexibility index (Phi) is 3.80. The molecular weight excluding hydrogens is 292 g/mol. The van der Waals surface area contributed by atoms with Gasteiger partial charge in [-0.15, -0.1) is 0 Å². The molecule has 0 saturated heterocycles. The van der Waals surface area contributed by atoms with Crippen molar-refractivity contribution in [3.05, 3.63) is 28.2 Å². The first-order valence-corrected chi connectivity index (χ1v) is 6.94. The summed E-state index contributed by atoms with van der Waals surface area (Å²) >= 11 is 3.25. The molecule has 0 heterocycles. The first-order chi connectivity index (χ1) is 6.42. The second-order valence-corrected chi connectivity index (χ2v) is 6.33. The van der Waals surface area contributed by atoms with Crippen LogP contribution in [0.5, 0.6) is 5.75 Å². The summed E-state index contributed by atoms with van der Waals surface area (Å²) in [6.07, 6.45) is 0. The highest BCUT2D eigenvalue weighted by atomic mass is 79.9. The van der Waals surface area contributed by atoms with E-state index in [1.54, 1.807) is 18.2 Å². The Balaban J connectivity index is 3.09. The Hall–Kier alpha value is -0.260. The molecule has 0 aliphatic heterocycles. The summed E-state index contributed by atoms with van der Waals surface area (Å²) in [7, 11) is 3.07. The van der Waals surface area contributed by atoms with E-state index in [4.69, 9.17) is 15.4 Å². The van der Waals surface area contributed by atoms with Gasteiger partial charge in [-0.25, -0.2) is 8.42 Å². The van der Waals surface area contributed by atoms with Gasteiger partial charge in [-0.3, -0.25) is 0 Å². The summed E-state index contributed by atoms with van der Waals surface area (Å²) in [5.41, 5.74) is 0.547. The molecule has 0 radical (unpaired) electrons. The lowest BCUT2D eigenvalue weighted by Crippen LogP contribution is -1.98. The van der Waals surface area contributed by atoms with Crippen LogP contribution in [-0.2, 0) is 14.8 Å². The summed E-state index contributed by atoms with van der Waals surface area (Å²) in [4.78, 5) is 0. The Morgan fingerprint density at radius 3 is 2.64 bits per heavy atom. The molecule has 3 nitrogen and oxygen atoms in total. The highest BCUT2D eigenvalue weighted by Gasteiger charge is 2.11. The van der Waals surface area contributed by atoms with E-state index in [0.717, 1.165) is 4.47 Å². The molecule has 0 bridgehead atoms. The van der Waals surface area contributed by atoms with Crippen LogP contribution in [0.2, 0.25) is 0 Å². The maximum absolute atomic E-state index is 10.9. The van der Waals surface area contributed by atoms with Crippen molar-refractivity contribution in [2.45, 2.75) is 5.75 Å². The summed E-state index contributed by atoms with van der Waals surface area (Å²) in [5.74, 6) is 0.272. The summed E-state index contributed by atoms with van der Waals surface area (Å²) in [6.45, 7) is 0. The third kappa shape index (κ3) is 3.48. The van der Waals surface area contributed by atoms with Crippen LogP contribution in [0.25, 0.3) is 0 Å². The molecule has 0 aliphatic carbocycles. The molecule has 14 heavy (non-hydrogen) atoms. The number of methoxy groups -OCH3 is 1. The molecule has 0 saturated carbocycles. The van der Waals surface area contributed by atoms with Crippen molar-refractivity contribution < 1.29 is 13.2 Å². The van der Waals surface area contributed by atoms with Gasteiger partial charge in [0.05, 0.1) is 12.9 Å². The van der Waals surface area contributed by atoms with E-state index in [2.05, 4.69) is 15.9 Å². The van der Waals surface area contributed by atoms with Gasteiger partial charge in [0.2, 0.25) is 9.05 Å². The van der Waals surface area contributed by atoms with Crippen LogP contribution < -0.4 is 4.74 Å². The molecule has 0 unspecified atom stereocenters. The Morgan fingerprint density at radius 1 is 1.50 bits per heavy atom. The van der Waals surface area contributed by atoms with Gasteiger partial charge >= 0.3 is 0 Å². The topological polar surface area (TPSA) is 43.4 Å². The van der Waals surface area contributed by atoms with Crippen molar-refractivity contribution >= 4 is 35.7 Å². The maximum Gasteiger partial charge on any atom is 0.236 e. The zero-order valence-electron chi connectivity index (χ0n) is 7.33. The zero-order chi connectivity index (χ0) is 10.8. The third-order valence-electron chi connectivity index (χ3n) is 1.58. The van der Waals surface area contributed by atoms with Crippen LogP contribution in [0, 0.1) is 0 Å². The summed E-state index contributed by atoms with van der Waals surface area (Å²) in [5, 5.41) is 0. The van der Waals surface area contributed by atoms with Crippen molar-refractivity contribution in [3.63, 3.8) is 0 Å². The molecule has 0 spiro atoms. The Bertz CT molecular complexity index is 430. The van der Waals surface area contributed by atoms with E-state index in [1.165, 1.54) is 7.11 Å². The van der Waals surface area contributed by atoms with Gasteiger partial charge in [-0.1, -0.05) is 22.0 Å². The largest absolute Gasteiger partial charge is 0.496 e. The van der Waals surface area contributed by atoms with Crippen LogP contribution in [0.4, 0.5) is 0 Å². The van der Waals surface area contributed by atoms with E-state index in [9.17, 15) is 8.42 Å². The number of hydrogen-bond acceptors (Lipinski definition) is 3. The van der Waals surface area contributed by atoms with Crippen LogP contribution in [-0.4, -0.2) is 15.5 Å². The number of ether oxygens (including phenoxy) is 1. The molecule has 6 heteroatoms. The molecule has 0 N–H and O–H groups in total. The molecule has 0 amide bonds. The van der Waals surface area contributed by atoms with Gasteiger partial charge in [-0.2, -0.15) is 0 Å².